The van der Waals surface area contributed by atoms with E-state index in [9.17, 15) is 24.3 Å². The monoisotopic (exact) mass is 769 g/mol. The number of carbonyl (C=O) groups is 4. The van der Waals surface area contributed by atoms with Gasteiger partial charge >= 0.3 is 12.1 Å². The lowest BCUT2D eigenvalue weighted by atomic mass is 9.75. The van der Waals surface area contributed by atoms with E-state index in [2.05, 4.69) is 29.0 Å². The van der Waals surface area contributed by atoms with Gasteiger partial charge in [0.15, 0.2) is 18.2 Å². The Labute approximate surface area is 325 Å². The van der Waals surface area contributed by atoms with Crippen molar-refractivity contribution in [3.63, 3.8) is 0 Å². The molecule has 1 amide bonds. The Bertz CT molecular complexity index is 1660. The van der Waals surface area contributed by atoms with Crippen LogP contribution in [0, 0.1) is 23.7 Å². The van der Waals surface area contributed by atoms with Gasteiger partial charge in [-0.25, -0.2) is 4.79 Å². The third kappa shape index (κ3) is 8.96. The number of likely N-dealkylation sites (N-methyl/N-ethyl adjacent to an activating group) is 1. The minimum atomic E-state index is -1.25. The Morgan fingerprint density at radius 2 is 1.64 bits per heavy atom. The molecule has 0 spiro atoms. The van der Waals surface area contributed by atoms with Crippen molar-refractivity contribution in [3.05, 3.63) is 36.5 Å². The van der Waals surface area contributed by atoms with Crippen molar-refractivity contribution < 1.29 is 48.0 Å². The Morgan fingerprint density at radius 3 is 2.31 bits per heavy atom. The minimum Gasteiger partial charge on any atom is -0.458 e. The maximum atomic E-state index is 14.6. The first-order chi connectivity index (χ1) is 26.0. The third-order valence-electron chi connectivity index (χ3n) is 12.4. The second kappa shape index (κ2) is 17.8. The summed E-state index contributed by atoms with van der Waals surface area (Å²) < 4.78 is 33.1. The zero-order chi connectivity index (χ0) is 40.4. The van der Waals surface area contributed by atoms with Crippen LogP contribution in [0.3, 0.4) is 0 Å². The molecule has 3 saturated heterocycles. The zero-order valence-corrected chi connectivity index (χ0v) is 34.3. The van der Waals surface area contributed by atoms with Gasteiger partial charge in [-0.05, 0) is 84.5 Å². The molecule has 5 rings (SSSR count). The van der Waals surface area contributed by atoms with Gasteiger partial charge < -0.3 is 43.2 Å². The number of rotatable bonds is 10. The number of aliphatic hydroxyl groups is 1. The van der Waals surface area contributed by atoms with Crippen LogP contribution in [0.2, 0.25) is 0 Å². The van der Waals surface area contributed by atoms with Crippen LogP contribution in [0.15, 0.2) is 36.5 Å². The second-order valence-corrected chi connectivity index (χ2v) is 16.5. The zero-order valence-electron chi connectivity index (χ0n) is 34.3. The first-order valence-electron chi connectivity index (χ1n) is 20.0. The summed E-state index contributed by atoms with van der Waals surface area (Å²) in [6.07, 6.45) is -1.24. The average Bonchev–Trinajstić information content (AvgIpc) is 3.73. The summed E-state index contributed by atoms with van der Waals surface area (Å²) >= 11 is 0. The summed E-state index contributed by atoms with van der Waals surface area (Å²) in [5.41, 5.74) is -0.104. The minimum absolute atomic E-state index is 0.125. The molecule has 3 fully saturated rings. The highest BCUT2D eigenvalue weighted by Crippen LogP contribution is 2.39. The van der Waals surface area contributed by atoms with E-state index in [0.717, 1.165) is 23.9 Å². The predicted octanol–water partition coefficient (Wildman–Crippen LogP) is 5.24. The van der Waals surface area contributed by atoms with Crippen LogP contribution in [0.25, 0.3) is 10.9 Å². The summed E-state index contributed by atoms with van der Waals surface area (Å²) in [6, 6.07) is 9.29. The molecule has 0 unspecified atom stereocenters. The van der Waals surface area contributed by atoms with E-state index in [1.165, 1.54) is 14.0 Å². The van der Waals surface area contributed by atoms with Crippen LogP contribution in [0.1, 0.15) is 80.6 Å². The molecule has 0 bridgehead atoms. The fourth-order valence-electron chi connectivity index (χ4n) is 9.07. The first kappa shape index (κ1) is 42.8. The van der Waals surface area contributed by atoms with Crippen molar-refractivity contribution in [1.29, 1.82) is 0 Å². The molecule has 2 aromatic rings. The van der Waals surface area contributed by atoms with Gasteiger partial charge in [-0.15, -0.1) is 0 Å². The van der Waals surface area contributed by atoms with E-state index in [1.807, 2.05) is 51.9 Å². The number of aromatic nitrogens is 1. The molecule has 13 heteroatoms. The topological polar surface area (TPSA) is 146 Å². The van der Waals surface area contributed by atoms with Gasteiger partial charge in [0.2, 0.25) is 0 Å². The number of unbranched alkanes of at least 4 members (excludes halogenated alkanes) is 1. The number of Topliss-reactive ketones (excluding diaryl/α,β-unsaturated/α-hetero) is 2. The van der Waals surface area contributed by atoms with Gasteiger partial charge in [0.1, 0.15) is 23.9 Å². The molecule has 1 aromatic heterocycles. The molecule has 1 aromatic carbocycles. The van der Waals surface area contributed by atoms with E-state index >= 15 is 0 Å². The number of ether oxygens (including phenoxy) is 5. The number of nitrogens with zero attached hydrogens (tertiary/aromatic N) is 3. The molecule has 4 heterocycles. The van der Waals surface area contributed by atoms with Gasteiger partial charge in [0.25, 0.3) is 0 Å². The lowest BCUT2D eigenvalue weighted by Gasteiger charge is -2.47. The molecular formula is C42H63N3O10. The molecule has 3 aliphatic heterocycles. The number of carbonyl (C=O) groups excluding carboxylic acids is 4. The summed E-state index contributed by atoms with van der Waals surface area (Å²) in [7, 11) is 5.25. The Balaban J connectivity index is 1.44. The molecular weight excluding hydrogens is 706 g/mol. The number of para-hydroxylation sites is 1. The van der Waals surface area contributed by atoms with E-state index < -0.39 is 83.9 Å². The molecule has 306 valence electrons. The number of aliphatic hydroxyl groups excluding tert-OH is 1. The van der Waals surface area contributed by atoms with Gasteiger partial charge in [-0.1, -0.05) is 45.9 Å². The van der Waals surface area contributed by atoms with Gasteiger partial charge in [-0.3, -0.25) is 14.4 Å². The van der Waals surface area contributed by atoms with Crippen LogP contribution in [0.4, 0.5) is 4.79 Å². The maximum Gasteiger partial charge on any atom is 0.410 e. The lowest BCUT2D eigenvalue weighted by Crippen LogP contribution is -2.59. The van der Waals surface area contributed by atoms with Gasteiger partial charge in [0.05, 0.1) is 23.9 Å². The highest BCUT2D eigenvalue weighted by atomic mass is 16.7. The molecule has 0 saturated carbocycles. The Hall–Kier alpha value is -3.36. The van der Waals surface area contributed by atoms with Crippen molar-refractivity contribution >= 4 is 34.5 Å². The van der Waals surface area contributed by atoms with Crippen LogP contribution in [-0.4, -0.2) is 125 Å². The molecule has 55 heavy (non-hydrogen) atoms. The average molecular weight is 770 g/mol. The summed E-state index contributed by atoms with van der Waals surface area (Å²) in [6.45, 7) is 13.4. The number of benzene rings is 1. The smallest absolute Gasteiger partial charge is 0.410 e. The second-order valence-electron chi connectivity index (χ2n) is 16.5. The molecule has 0 aliphatic carbocycles. The van der Waals surface area contributed by atoms with E-state index in [1.54, 1.807) is 25.7 Å². The summed E-state index contributed by atoms with van der Waals surface area (Å²) in [5, 5.41) is 12.6. The molecule has 0 radical (unpaired) electrons. The number of aryl methyl sites for hydroxylation is 1. The molecule has 1 N–H and O–H groups in total. The number of amides is 1. The highest BCUT2D eigenvalue weighted by Gasteiger charge is 2.54. The number of methoxy groups -OCH3 is 1. The van der Waals surface area contributed by atoms with Crippen molar-refractivity contribution in [3.8, 4) is 0 Å². The van der Waals surface area contributed by atoms with E-state index in [4.69, 9.17) is 23.7 Å². The van der Waals surface area contributed by atoms with Crippen molar-refractivity contribution in [1.82, 2.24) is 14.4 Å². The number of hydrogen-bond acceptors (Lipinski definition) is 11. The number of cyclic esters (lactones) is 1. The summed E-state index contributed by atoms with van der Waals surface area (Å²) in [5.74, 6) is -4.76. The van der Waals surface area contributed by atoms with Crippen LogP contribution >= 0.6 is 0 Å². The van der Waals surface area contributed by atoms with Crippen LogP contribution < -0.4 is 0 Å². The third-order valence-corrected chi connectivity index (χ3v) is 12.4. The fraction of sp³-hybridized carbons (Fsp3) is 0.714. The number of esters is 1. The van der Waals surface area contributed by atoms with Gasteiger partial charge in [0, 0.05) is 55.7 Å². The van der Waals surface area contributed by atoms with E-state index in [-0.39, 0.29) is 24.3 Å². The van der Waals surface area contributed by atoms with E-state index in [0.29, 0.717) is 25.8 Å². The van der Waals surface area contributed by atoms with Crippen molar-refractivity contribution in [2.45, 2.75) is 142 Å². The Morgan fingerprint density at radius 1 is 0.945 bits per heavy atom. The fourth-order valence-corrected chi connectivity index (χ4v) is 9.07. The lowest BCUT2D eigenvalue weighted by molar-refractivity contribution is -0.295. The molecule has 13 atom stereocenters. The highest BCUT2D eigenvalue weighted by molar-refractivity contribution is 6.00. The SMILES string of the molecule is CC[C@H]1OC(=O)[C@H](C)C(=O)[C@H](C)[C@@H](O[C@@H]2O[C@H](C)C[C@H](N(C)C)[C@H]2O)[C@@](C)(OC)C[C@@H](C)C(=O)[C@H](C)[C@@H]2[C@@H]1OC(=O)N2CCCCn1ccc2ccccc21. The number of ketones is 2. The number of fused-ring (bicyclic) bond motifs is 2. The van der Waals surface area contributed by atoms with Crippen molar-refractivity contribution in [2.24, 2.45) is 23.7 Å². The first-order valence-corrected chi connectivity index (χ1v) is 20.0. The quantitative estimate of drug-likeness (QED) is 0.193. The largest absolute Gasteiger partial charge is 0.458 e. The Kier molecular flexibility index (Phi) is 13.9. The molecule has 3 aliphatic rings. The molecule has 13 nitrogen and oxygen atoms in total. The van der Waals surface area contributed by atoms with Crippen molar-refractivity contribution in [2.75, 3.05) is 27.7 Å². The van der Waals surface area contributed by atoms with Gasteiger partial charge in [-0.2, -0.15) is 0 Å². The standard InChI is InChI=1S/C42H63N3O10/c1-11-32-37-33(45(41(50)54-37)20-15-14-19-44-21-18-29-16-12-13-17-30(29)44)26(4)34(46)24(2)23-42(7,51-10)38(27(5)35(47)28(6)39(49)53-32)55-40-36(48)31(43(8)9)22-25(3)52-40/h12-13,16-18,21,24-28,31-33,36-38,40,48H,11,14-15,19-20,22-23H2,1-10H3/t24-,25-,26-,27+,28-,31+,32-,33-,36-,37-,38-,40+,42+/m1/s1. The maximum absolute atomic E-state index is 14.6. The predicted molar refractivity (Wildman–Crippen MR) is 206 cm³/mol. The van der Waals surface area contributed by atoms with Crippen LogP contribution in [-0.2, 0) is 44.6 Å². The van der Waals surface area contributed by atoms with Crippen LogP contribution in [0.5, 0.6) is 0 Å². The summed E-state index contributed by atoms with van der Waals surface area (Å²) in [4.78, 5) is 59.8. The normalized spacial score (nSPS) is 36.8. The number of hydrogen-bond donors (Lipinski definition) is 1.